The van der Waals surface area contributed by atoms with Crippen molar-refractivity contribution in [2.75, 3.05) is 0 Å². The van der Waals surface area contributed by atoms with Crippen molar-refractivity contribution >= 4 is 21.6 Å². The summed E-state index contributed by atoms with van der Waals surface area (Å²) < 4.78 is 25.9. The molecule has 0 aliphatic carbocycles. The van der Waals surface area contributed by atoms with Crippen LogP contribution in [0.5, 0.6) is 0 Å². The minimum atomic E-state index is -0.854. The van der Waals surface area contributed by atoms with Crippen LogP contribution in [-0.4, -0.2) is 0 Å². The number of rotatable bonds is 2. The first-order chi connectivity index (χ1) is 6.19. The third-order valence-corrected chi connectivity index (χ3v) is 2.02. The van der Waals surface area contributed by atoms with Gasteiger partial charge < -0.3 is 0 Å². The maximum Gasteiger partial charge on any atom is 0.136 e. The Morgan fingerprint density at radius 2 is 1.92 bits per heavy atom. The fourth-order valence-electron chi connectivity index (χ4n) is 0.835. The molecule has 0 aliphatic rings. The van der Waals surface area contributed by atoms with Crippen molar-refractivity contribution in [1.82, 2.24) is 0 Å². The van der Waals surface area contributed by atoms with Crippen molar-refractivity contribution in [3.05, 3.63) is 39.8 Å². The Balaban J connectivity index is 3.30. The molecule has 3 nitrogen and oxygen atoms in total. The number of halogens is 3. The summed E-state index contributed by atoms with van der Waals surface area (Å²) in [5.74, 6) is -1.71. The van der Waals surface area contributed by atoms with Gasteiger partial charge in [0.2, 0.25) is 0 Å². The molecule has 0 radical (unpaired) electrons. The van der Waals surface area contributed by atoms with Crippen molar-refractivity contribution in [3.8, 4) is 0 Å². The molecule has 1 aromatic rings. The maximum atomic E-state index is 13.0. The molecular weight excluding hydrogens is 244 g/mol. The van der Waals surface area contributed by atoms with Crippen LogP contribution in [0.2, 0.25) is 0 Å². The number of nitrogens with zero attached hydrogens (tertiary/aromatic N) is 3. The monoisotopic (exact) mass is 247 g/mol. The predicted molar refractivity (Wildman–Crippen MR) is 47.8 cm³/mol. The predicted octanol–water partition coefficient (Wildman–Crippen LogP) is 3.80. The molecule has 0 fully saturated rings. The molecule has 0 aliphatic heterocycles. The highest BCUT2D eigenvalue weighted by atomic mass is 79.9. The first-order valence-corrected chi connectivity index (χ1v) is 4.40. The molecule has 0 unspecified atom stereocenters. The van der Waals surface area contributed by atoms with E-state index in [4.69, 9.17) is 5.53 Å². The zero-order chi connectivity index (χ0) is 9.84. The van der Waals surface area contributed by atoms with E-state index in [0.717, 1.165) is 12.1 Å². The Bertz CT molecular complexity index is 351. The molecule has 0 atom stereocenters. The van der Waals surface area contributed by atoms with Crippen LogP contribution < -0.4 is 0 Å². The van der Waals surface area contributed by atoms with E-state index in [1.807, 2.05) is 0 Å². The molecule has 1 aromatic carbocycles. The molecule has 0 amide bonds. The van der Waals surface area contributed by atoms with Crippen LogP contribution >= 0.6 is 15.9 Å². The molecular formula is C7H4BrF2N3. The van der Waals surface area contributed by atoms with Gasteiger partial charge in [0, 0.05) is 10.2 Å². The molecule has 0 spiro atoms. The Morgan fingerprint density at radius 3 is 2.31 bits per heavy atom. The second-order valence-corrected chi connectivity index (χ2v) is 2.79. The molecule has 0 saturated carbocycles. The standard InChI is InChI=1S/C7H4BrF2N3/c8-3-4-1-5(9)7(12-13-11)6(10)2-4/h1-2H,3H2. The molecule has 68 valence electrons. The Morgan fingerprint density at radius 1 is 1.38 bits per heavy atom. The van der Waals surface area contributed by atoms with E-state index >= 15 is 0 Å². The fourth-order valence-corrected chi connectivity index (χ4v) is 1.16. The van der Waals surface area contributed by atoms with Gasteiger partial charge in [-0.3, -0.25) is 0 Å². The average molecular weight is 248 g/mol. The van der Waals surface area contributed by atoms with Gasteiger partial charge in [0.25, 0.3) is 0 Å². The molecule has 0 bridgehead atoms. The first kappa shape index (κ1) is 9.95. The number of azide groups is 1. The molecule has 0 aromatic heterocycles. The van der Waals surface area contributed by atoms with Crippen molar-refractivity contribution in [2.45, 2.75) is 5.33 Å². The number of alkyl halides is 1. The number of hydrogen-bond donors (Lipinski definition) is 0. The van der Waals surface area contributed by atoms with Crippen molar-refractivity contribution in [2.24, 2.45) is 5.11 Å². The van der Waals surface area contributed by atoms with Crippen molar-refractivity contribution in [1.29, 1.82) is 0 Å². The minimum absolute atomic E-state index is 0.345. The summed E-state index contributed by atoms with van der Waals surface area (Å²) in [4.78, 5) is 2.32. The lowest BCUT2D eigenvalue weighted by molar-refractivity contribution is 0.585. The number of benzene rings is 1. The molecule has 6 heteroatoms. The van der Waals surface area contributed by atoms with Crippen LogP contribution in [0.25, 0.3) is 10.4 Å². The molecule has 0 saturated heterocycles. The lowest BCUT2D eigenvalue weighted by Crippen LogP contribution is -1.86. The van der Waals surface area contributed by atoms with Crippen molar-refractivity contribution in [3.63, 3.8) is 0 Å². The van der Waals surface area contributed by atoms with Crippen molar-refractivity contribution < 1.29 is 8.78 Å². The first-order valence-electron chi connectivity index (χ1n) is 3.28. The summed E-state index contributed by atoms with van der Waals surface area (Å²) in [7, 11) is 0. The Kier molecular flexibility index (Phi) is 3.22. The summed E-state index contributed by atoms with van der Waals surface area (Å²) >= 11 is 3.05. The van der Waals surface area contributed by atoms with E-state index in [0.29, 0.717) is 10.9 Å². The third kappa shape index (κ3) is 2.17. The van der Waals surface area contributed by atoms with Gasteiger partial charge in [-0.2, -0.15) is 0 Å². The van der Waals surface area contributed by atoms with Crippen LogP contribution in [0, 0.1) is 11.6 Å². The average Bonchev–Trinajstić information content (AvgIpc) is 2.11. The highest BCUT2D eigenvalue weighted by molar-refractivity contribution is 9.08. The lowest BCUT2D eigenvalue weighted by Gasteiger charge is -2.00. The quantitative estimate of drug-likeness (QED) is 0.331. The summed E-state index contributed by atoms with van der Waals surface area (Å²) in [5.41, 5.74) is 7.87. The van der Waals surface area contributed by atoms with Crippen LogP contribution in [0.4, 0.5) is 14.5 Å². The fraction of sp³-hybridized carbons (Fsp3) is 0.143. The molecule has 0 heterocycles. The van der Waals surface area contributed by atoms with E-state index < -0.39 is 17.3 Å². The highest BCUT2D eigenvalue weighted by Crippen LogP contribution is 2.24. The molecule has 0 N–H and O–H groups in total. The minimum Gasteiger partial charge on any atom is -0.206 e. The Labute approximate surface area is 81.1 Å². The van der Waals surface area contributed by atoms with Gasteiger partial charge in [-0.05, 0) is 23.2 Å². The van der Waals surface area contributed by atoms with E-state index in [1.54, 1.807) is 0 Å². The van der Waals surface area contributed by atoms with Gasteiger partial charge in [0.15, 0.2) is 0 Å². The zero-order valence-electron chi connectivity index (χ0n) is 6.34. The van der Waals surface area contributed by atoms with Gasteiger partial charge in [-0.15, -0.1) is 0 Å². The van der Waals surface area contributed by atoms with Gasteiger partial charge in [0.1, 0.15) is 17.3 Å². The van der Waals surface area contributed by atoms with Crippen LogP contribution in [-0.2, 0) is 5.33 Å². The van der Waals surface area contributed by atoms with E-state index in [1.165, 1.54) is 0 Å². The van der Waals surface area contributed by atoms with E-state index in [2.05, 4.69) is 26.0 Å². The summed E-state index contributed by atoms with van der Waals surface area (Å²) in [6, 6.07) is 2.23. The summed E-state index contributed by atoms with van der Waals surface area (Å²) in [6.45, 7) is 0. The SMILES string of the molecule is [N-]=[N+]=Nc1c(F)cc(CBr)cc1F. The Hall–Kier alpha value is -1.13. The third-order valence-electron chi connectivity index (χ3n) is 1.38. The van der Waals surface area contributed by atoms with Gasteiger partial charge >= 0.3 is 0 Å². The maximum absolute atomic E-state index is 13.0. The van der Waals surface area contributed by atoms with Gasteiger partial charge in [-0.1, -0.05) is 21.0 Å². The molecule has 1 rings (SSSR count). The highest BCUT2D eigenvalue weighted by Gasteiger charge is 2.08. The van der Waals surface area contributed by atoms with E-state index in [-0.39, 0.29) is 0 Å². The zero-order valence-corrected chi connectivity index (χ0v) is 7.92. The summed E-state index contributed by atoms with van der Waals surface area (Å²) in [5, 5.41) is 3.24. The van der Waals surface area contributed by atoms with Crippen LogP contribution in [0.1, 0.15) is 5.56 Å². The largest absolute Gasteiger partial charge is 0.206 e. The van der Waals surface area contributed by atoms with Gasteiger partial charge in [0.05, 0.1) is 0 Å². The second-order valence-electron chi connectivity index (χ2n) is 2.23. The summed E-state index contributed by atoms with van der Waals surface area (Å²) in [6.07, 6.45) is 0. The molecule has 13 heavy (non-hydrogen) atoms. The number of hydrogen-bond acceptors (Lipinski definition) is 1. The topological polar surface area (TPSA) is 48.8 Å². The van der Waals surface area contributed by atoms with Gasteiger partial charge in [-0.25, -0.2) is 8.78 Å². The second kappa shape index (κ2) is 4.20. The van der Waals surface area contributed by atoms with E-state index in [9.17, 15) is 8.78 Å². The van der Waals surface area contributed by atoms with Crippen LogP contribution in [0.15, 0.2) is 17.2 Å². The van der Waals surface area contributed by atoms with Crippen LogP contribution in [0.3, 0.4) is 0 Å². The smallest absolute Gasteiger partial charge is 0.136 e. The lowest BCUT2D eigenvalue weighted by atomic mass is 10.2. The normalized spacial score (nSPS) is 9.46.